The van der Waals surface area contributed by atoms with E-state index < -0.39 is 0 Å². The zero-order chi connectivity index (χ0) is 36.2. The van der Waals surface area contributed by atoms with Crippen LogP contribution in [0.15, 0.2) is 62.2 Å². The third kappa shape index (κ3) is 7.26. The summed E-state index contributed by atoms with van der Waals surface area (Å²) in [6.45, 7) is 17.9. The molecule has 0 spiro atoms. The van der Waals surface area contributed by atoms with Crippen LogP contribution in [0.5, 0.6) is 0 Å². The van der Waals surface area contributed by atoms with Crippen molar-refractivity contribution in [2.45, 2.75) is 66.3 Å². The second kappa shape index (κ2) is 15.0. The van der Waals surface area contributed by atoms with Gasteiger partial charge in [-0.2, -0.15) is 0 Å². The number of rotatable bonds is 12. The Morgan fingerprint density at radius 2 is 1.51 bits per heavy atom. The lowest BCUT2D eigenvalue weighted by molar-refractivity contribution is -0.121. The van der Waals surface area contributed by atoms with E-state index in [2.05, 4.69) is 84.6 Å². The zero-order valence-corrected chi connectivity index (χ0v) is 30.2. The molecule has 10 heteroatoms. The number of hydrogen-bond donors (Lipinski definition) is 4. The lowest BCUT2D eigenvalue weighted by Gasteiger charge is -2.07. The van der Waals surface area contributed by atoms with Gasteiger partial charge in [-0.1, -0.05) is 25.3 Å². The van der Waals surface area contributed by atoms with Crippen LogP contribution in [-0.2, 0) is 22.6 Å². The molecule has 4 aromatic rings. The van der Waals surface area contributed by atoms with E-state index in [1.165, 1.54) is 0 Å². The minimum absolute atomic E-state index is 0.00583. The largest absolute Gasteiger partial charge is 0.359 e. The van der Waals surface area contributed by atoms with Crippen LogP contribution in [0.25, 0.3) is 50.4 Å². The maximum absolute atomic E-state index is 13.0. The first kappa shape index (κ1) is 35.1. The van der Waals surface area contributed by atoms with E-state index in [9.17, 15) is 9.59 Å². The standard InChI is InChI=1S/C41H46N8O2/c1-8-28-24(3)32-19-33-26(5)30(11-13-40(50)42-7)38(47-33)22-39-31(12-14-41(51)44-15-10-17-49-18-16-43-23-49)27(6)35(48-39)21-37-29(9-2)25(4)34(46-37)20-36(28)45-32/h8-9,16,18-23,46,48H,1-2,10-15,17H2,3-7H3,(H,42,50)(H,44,51). The van der Waals surface area contributed by atoms with Gasteiger partial charge >= 0.3 is 0 Å². The molecule has 0 atom stereocenters. The van der Waals surface area contributed by atoms with Crippen molar-refractivity contribution >= 4 is 62.2 Å². The lowest BCUT2D eigenvalue weighted by atomic mass is 9.99. The van der Waals surface area contributed by atoms with Crippen molar-refractivity contribution in [3.63, 3.8) is 0 Å². The van der Waals surface area contributed by atoms with Gasteiger partial charge in [-0.3, -0.25) is 9.59 Å². The number of nitrogens with one attached hydrogen (secondary N) is 4. The first-order chi connectivity index (χ1) is 24.6. The average Bonchev–Trinajstić information content (AvgIpc) is 3.92. The van der Waals surface area contributed by atoms with Crippen LogP contribution in [0.4, 0.5) is 0 Å². The molecular formula is C41H46N8O2. The maximum atomic E-state index is 13.0. The van der Waals surface area contributed by atoms with E-state index >= 15 is 0 Å². The van der Waals surface area contributed by atoms with Crippen LogP contribution in [0, 0.1) is 13.8 Å². The number of amides is 2. The Bertz CT molecular complexity index is 2260. The van der Waals surface area contributed by atoms with Crippen LogP contribution in [0.3, 0.4) is 0 Å². The summed E-state index contributed by atoms with van der Waals surface area (Å²) in [6.07, 6.45) is 11.8. The predicted octanol–water partition coefficient (Wildman–Crippen LogP) is 7.48. The van der Waals surface area contributed by atoms with Crippen molar-refractivity contribution in [2.75, 3.05) is 13.6 Å². The minimum Gasteiger partial charge on any atom is -0.359 e. The molecule has 2 aliphatic heterocycles. The molecule has 6 rings (SSSR count). The molecule has 4 N–H and O–H groups in total. The molecule has 0 saturated heterocycles. The Morgan fingerprint density at radius 1 is 0.804 bits per heavy atom. The van der Waals surface area contributed by atoms with Crippen LogP contribution >= 0.6 is 0 Å². The molecule has 4 aromatic heterocycles. The van der Waals surface area contributed by atoms with E-state index in [1.807, 2.05) is 29.0 Å². The number of carbonyl (C=O) groups excluding carboxylic acids is 2. The molecule has 2 amide bonds. The number of allylic oxidation sites excluding steroid dienone is 5. The molecule has 0 fully saturated rings. The zero-order valence-electron chi connectivity index (χ0n) is 30.2. The Balaban J connectivity index is 1.50. The molecule has 0 aromatic carbocycles. The van der Waals surface area contributed by atoms with Crippen LogP contribution in [-0.4, -0.2) is 54.9 Å². The highest BCUT2D eigenvalue weighted by atomic mass is 16.2. The highest BCUT2D eigenvalue weighted by molar-refractivity contribution is 5.98. The fourth-order valence-corrected chi connectivity index (χ4v) is 6.90. The molecule has 51 heavy (non-hydrogen) atoms. The van der Waals surface area contributed by atoms with Crippen molar-refractivity contribution in [1.29, 1.82) is 0 Å². The summed E-state index contributed by atoms with van der Waals surface area (Å²) in [5.74, 6) is -0.0242. The number of H-pyrrole nitrogens is 2. The van der Waals surface area contributed by atoms with Crippen molar-refractivity contribution in [1.82, 2.24) is 40.1 Å². The summed E-state index contributed by atoms with van der Waals surface area (Å²) >= 11 is 0. The summed E-state index contributed by atoms with van der Waals surface area (Å²) in [5, 5.41) is 5.82. The molecular weight excluding hydrogens is 637 g/mol. The number of hydrogen-bond acceptors (Lipinski definition) is 5. The van der Waals surface area contributed by atoms with Crippen molar-refractivity contribution < 1.29 is 9.59 Å². The van der Waals surface area contributed by atoms with Gasteiger partial charge in [-0.25, -0.2) is 15.0 Å². The fourth-order valence-electron chi connectivity index (χ4n) is 6.90. The van der Waals surface area contributed by atoms with E-state index in [1.54, 1.807) is 19.6 Å². The van der Waals surface area contributed by atoms with E-state index in [0.717, 1.165) is 102 Å². The van der Waals surface area contributed by atoms with Gasteiger partial charge in [0.25, 0.3) is 0 Å². The lowest BCUT2D eigenvalue weighted by Crippen LogP contribution is -2.25. The Morgan fingerprint density at radius 3 is 2.24 bits per heavy atom. The van der Waals surface area contributed by atoms with Gasteiger partial charge < -0.3 is 25.2 Å². The van der Waals surface area contributed by atoms with Crippen LogP contribution in [0.2, 0.25) is 0 Å². The van der Waals surface area contributed by atoms with Crippen molar-refractivity contribution in [3.8, 4) is 0 Å². The van der Waals surface area contributed by atoms with Gasteiger partial charge in [0.2, 0.25) is 11.8 Å². The molecule has 8 bridgehead atoms. The second-order valence-electron chi connectivity index (χ2n) is 13.1. The summed E-state index contributed by atoms with van der Waals surface area (Å²) in [6, 6.07) is 8.27. The monoisotopic (exact) mass is 682 g/mol. The molecule has 6 heterocycles. The third-order valence-electron chi connectivity index (χ3n) is 10.0. The smallest absolute Gasteiger partial charge is 0.220 e. The topological polar surface area (TPSA) is 133 Å². The van der Waals surface area contributed by atoms with Crippen molar-refractivity contribution in [2.24, 2.45) is 0 Å². The summed E-state index contributed by atoms with van der Waals surface area (Å²) in [7, 11) is 1.65. The van der Waals surface area contributed by atoms with Gasteiger partial charge in [0.1, 0.15) is 0 Å². The van der Waals surface area contributed by atoms with Gasteiger partial charge in [-0.15, -0.1) is 0 Å². The summed E-state index contributed by atoms with van der Waals surface area (Å²) < 4.78 is 2.00. The minimum atomic E-state index is -0.0300. The van der Waals surface area contributed by atoms with Crippen LogP contribution < -0.4 is 10.6 Å². The molecule has 0 radical (unpaired) electrons. The first-order valence-corrected chi connectivity index (χ1v) is 17.5. The van der Waals surface area contributed by atoms with Gasteiger partial charge in [-0.05, 0) is 105 Å². The fraction of sp³-hybridized carbons (Fsp3) is 0.293. The molecule has 10 nitrogen and oxygen atoms in total. The highest BCUT2D eigenvalue weighted by Crippen LogP contribution is 2.37. The first-order valence-electron chi connectivity index (χ1n) is 17.5. The molecule has 0 saturated carbocycles. The number of imidazole rings is 1. The number of aromatic nitrogens is 6. The van der Waals surface area contributed by atoms with Crippen molar-refractivity contribution in [3.05, 3.63) is 107 Å². The number of aryl methyl sites for hydroxylation is 4. The van der Waals surface area contributed by atoms with Gasteiger partial charge in [0.05, 0.1) is 29.1 Å². The molecule has 0 unspecified atom stereocenters. The van der Waals surface area contributed by atoms with Gasteiger partial charge in [0.15, 0.2) is 0 Å². The molecule has 262 valence electrons. The SMILES string of the molecule is C=CC1=C(C)c2cc3nc(cc4[nH]c(cc5[nH]c(cc1n2)c(C)c5C=C)c(C)c4CCC(=O)NCCCn1ccnc1)C(CCC(=O)NC)=C3C. The van der Waals surface area contributed by atoms with E-state index in [-0.39, 0.29) is 11.8 Å². The predicted molar refractivity (Wildman–Crippen MR) is 207 cm³/mol. The Kier molecular flexibility index (Phi) is 10.3. The maximum Gasteiger partial charge on any atom is 0.220 e. The van der Waals surface area contributed by atoms with E-state index in [4.69, 9.17) is 9.97 Å². The van der Waals surface area contributed by atoms with Gasteiger partial charge in [0, 0.05) is 78.6 Å². The summed E-state index contributed by atoms with van der Waals surface area (Å²) in [4.78, 5) is 47.0. The average molecular weight is 683 g/mol. The number of nitrogens with zero attached hydrogens (tertiary/aromatic N) is 4. The normalized spacial score (nSPS) is 12.7. The number of aromatic amines is 2. The van der Waals surface area contributed by atoms with E-state index in [0.29, 0.717) is 32.2 Å². The second-order valence-corrected chi connectivity index (χ2v) is 13.1. The molecule has 2 aliphatic rings. The number of fused-ring (bicyclic) bond motifs is 8. The highest BCUT2D eigenvalue weighted by Gasteiger charge is 2.21. The third-order valence-corrected chi connectivity index (χ3v) is 10.0. The Labute approximate surface area is 298 Å². The van der Waals surface area contributed by atoms with Crippen LogP contribution in [0.1, 0.15) is 84.6 Å². The summed E-state index contributed by atoms with van der Waals surface area (Å²) in [5.41, 5.74) is 15.1. The Hall–Kier alpha value is -5.77. The molecule has 0 aliphatic carbocycles. The quantitative estimate of drug-likeness (QED) is 0.115. The number of carbonyl (C=O) groups is 2.